The smallest absolute Gasteiger partial charge is 0.251 e. The molecule has 0 saturated heterocycles. The number of carbonyl (C=O) groups is 1. The lowest BCUT2D eigenvalue weighted by Crippen LogP contribution is -2.26. The first kappa shape index (κ1) is 19.7. The van der Waals surface area contributed by atoms with Gasteiger partial charge < -0.3 is 10.6 Å². The lowest BCUT2D eigenvalue weighted by Gasteiger charge is -2.11. The van der Waals surface area contributed by atoms with Gasteiger partial charge in [-0.05, 0) is 55.8 Å². The molecule has 0 unspecified atom stereocenters. The number of thiazole rings is 1. The molecule has 1 aromatic carbocycles. The van der Waals surface area contributed by atoms with Crippen LogP contribution in [0.3, 0.4) is 0 Å². The lowest BCUT2D eigenvalue weighted by molar-refractivity contribution is 0.0940. The van der Waals surface area contributed by atoms with Gasteiger partial charge in [0.15, 0.2) is 0 Å². The van der Waals surface area contributed by atoms with E-state index in [1.165, 1.54) is 11.3 Å². The fourth-order valence-corrected chi connectivity index (χ4v) is 3.80. The topological polar surface area (TPSA) is 79.8 Å². The highest BCUT2D eigenvalue weighted by molar-refractivity contribution is 7.15. The minimum atomic E-state index is -0.200. The zero-order chi connectivity index (χ0) is 20.9. The number of aryl methyl sites for hydroxylation is 1. The van der Waals surface area contributed by atoms with Crippen LogP contribution in [-0.4, -0.2) is 20.9 Å². The summed E-state index contributed by atoms with van der Waals surface area (Å²) in [6.07, 6.45) is 3.56. The number of nitrogens with one attached hydrogen (secondary N) is 2. The van der Waals surface area contributed by atoms with Gasteiger partial charge in [-0.15, -0.1) is 11.3 Å². The number of pyridine rings is 2. The van der Waals surface area contributed by atoms with E-state index in [9.17, 15) is 4.79 Å². The number of hydrogen-bond acceptors (Lipinski definition) is 6. The van der Waals surface area contributed by atoms with Crippen LogP contribution in [0.25, 0.3) is 10.6 Å². The molecule has 3 aromatic heterocycles. The molecule has 3 heterocycles. The highest BCUT2D eigenvalue weighted by atomic mass is 32.1. The van der Waals surface area contributed by atoms with E-state index in [1.807, 2.05) is 62.4 Å². The summed E-state index contributed by atoms with van der Waals surface area (Å²) in [4.78, 5) is 26.8. The molecule has 4 aromatic rings. The van der Waals surface area contributed by atoms with Crippen molar-refractivity contribution in [2.75, 3.05) is 5.32 Å². The SMILES string of the molecule is Cc1ccnc(Nc2cccc(-c3cnc([C@H](C)NC(=O)c4ccccc4)s3)n2)c1. The van der Waals surface area contributed by atoms with Gasteiger partial charge in [-0.25, -0.2) is 15.0 Å². The summed E-state index contributed by atoms with van der Waals surface area (Å²) >= 11 is 1.52. The van der Waals surface area contributed by atoms with Gasteiger partial charge in [-0.3, -0.25) is 4.79 Å². The van der Waals surface area contributed by atoms with Gasteiger partial charge in [0.25, 0.3) is 5.91 Å². The van der Waals surface area contributed by atoms with Crippen molar-refractivity contribution < 1.29 is 4.79 Å². The van der Waals surface area contributed by atoms with Crippen molar-refractivity contribution in [1.82, 2.24) is 20.3 Å². The highest BCUT2D eigenvalue weighted by Crippen LogP contribution is 2.29. The summed E-state index contributed by atoms with van der Waals surface area (Å²) in [5.41, 5.74) is 2.58. The Bertz CT molecular complexity index is 1160. The van der Waals surface area contributed by atoms with Crippen LogP contribution in [0.4, 0.5) is 11.6 Å². The number of aromatic nitrogens is 3. The van der Waals surface area contributed by atoms with E-state index in [2.05, 4.69) is 25.6 Å². The van der Waals surface area contributed by atoms with Crippen LogP contribution in [0, 0.1) is 6.92 Å². The molecular formula is C23H21N5OS. The Morgan fingerprint density at radius 2 is 1.83 bits per heavy atom. The van der Waals surface area contributed by atoms with E-state index in [0.29, 0.717) is 11.4 Å². The molecule has 7 heteroatoms. The van der Waals surface area contributed by atoms with Gasteiger partial charge in [0.2, 0.25) is 0 Å². The van der Waals surface area contributed by atoms with Crippen LogP contribution in [0.1, 0.15) is 33.9 Å². The predicted octanol–water partition coefficient (Wildman–Crippen LogP) is 5.14. The lowest BCUT2D eigenvalue weighted by atomic mass is 10.2. The monoisotopic (exact) mass is 415 g/mol. The van der Waals surface area contributed by atoms with Gasteiger partial charge in [0.1, 0.15) is 16.6 Å². The number of amides is 1. The number of hydrogen-bond donors (Lipinski definition) is 2. The summed E-state index contributed by atoms with van der Waals surface area (Å²) in [6.45, 7) is 3.95. The molecule has 30 heavy (non-hydrogen) atoms. The third kappa shape index (κ3) is 4.69. The van der Waals surface area contributed by atoms with Crippen LogP contribution in [0.15, 0.2) is 73.1 Å². The molecule has 4 rings (SSSR count). The molecule has 0 radical (unpaired) electrons. The van der Waals surface area contributed by atoms with Crippen molar-refractivity contribution in [3.05, 3.63) is 89.2 Å². The summed E-state index contributed by atoms with van der Waals surface area (Å²) < 4.78 is 0. The average Bonchev–Trinajstić information content (AvgIpc) is 3.25. The van der Waals surface area contributed by atoms with Crippen LogP contribution >= 0.6 is 11.3 Å². The first-order valence-electron chi connectivity index (χ1n) is 9.57. The number of anilines is 2. The van der Waals surface area contributed by atoms with Crippen LogP contribution in [-0.2, 0) is 0 Å². The standard InChI is InChI=1S/C23H21N5OS/c1-15-11-12-24-21(13-15)28-20-10-6-9-18(27-20)19-14-25-23(30-19)16(2)26-22(29)17-7-4-3-5-8-17/h3-14,16H,1-2H3,(H,26,29)(H,24,27,28)/t16-/m0/s1. The second kappa shape index (κ2) is 8.84. The molecule has 0 fully saturated rings. The maximum atomic E-state index is 12.4. The molecule has 1 atom stereocenters. The van der Waals surface area contributed by atoms with Gasteiger partial charge in [0, 0.05) is 18.0 Å². The van der Waals surface area contributed by atoms with Crippen molar-refractivity contribution >= 4 is 28.9 Å². The van der Waals surface area contributed by atoms with Gasteiger partial charge in [-0.1, -0.05) is 24.3 Å². The Hall–Kier alpha value is -3.58. The van der Waals surface area contributed by atoms with Crippen LogP contribution in [0.5, 0.6) is 0 Å². The Labute approximate surface area is 179 Å². The molecule has 150 valence electrons. The Balaban J connectivity index is 1.47. The number of benzene rings is 1. The average molecular weight is 416 g/mol. The Morgan fingerprint density at radius 3 is 2.63 bits per heavy atom. The van der Waals surface area contributed by atoms with Gasteiger partial charge in [0.05, 0.1) is 16.6 Å². The summed E-state index contributed by atoms with van der Waals surface area (Å²) in [6, 6.07) is 18.7. The molecule has 2 N–H and O–H groups in total. The first-order valence-corrected chi connectivity index (χ1v) is 10.4. The second-order valence-corrected chi connectivity index (χ2v) is 7.94. The van der Waals surface area contributed by atoms with Crippen molar-refractivity contribution in [1.29, 1.82) is 0 Å². The van der Waals surface area contributed by atoms with Crippen molar-refractivity contribution in [2.45, 2.75) is 19.9 Å². The fraction of sp³-hybridized carbons (Fsp3) is 0.130. The van der Waals surface area contributed by atoms with Gasteiger partial charge in [-0.2, -0.15) is 0 Å². The third-order valence-electron chi connectivity index (χ3n) is 4.45. The first-order chi connectivity index (χ1) is 14.6. The normalized spacial score (nSPS) is 11.7. The zero-order valence-electron chi connectivity index (χ0n) is 16.7. The molecule has 0 aliphatic carbocycles. The van der Waals surface area contributed by atoms with Crippen molar-refractivity contribution in [3.63, 3.8) is 0 Å². The molecule has 6 nitrogen and oxygen atoms in total. The number of nitrogens with zero attached hydrogens (tertiary/aromatic N) is 3. The van der Waals surface area contributed by atoms with E-state index in [4.69, 9.17) is 0 Å². The Kier molecular flexibility index (Phi) is 5.81. The molecular weight excluding hydrogens is 394 g/mol. The van der Waals surface area contributed by atoms with Gasteiger partial charge >= 0.3 is 0 Å². The minimum Gasteiger partial charge on any atom is -0.343 e. The number of carbonyl (C=O) groups excluding carboxylic acids is 1. The molecule has 0 bridgehead atoms. The second-order valence-electron chi connectivity index (χ2n) is 6.88. The molecule has 1 amide bonds. The van der Waals surface area contributed by atoms with Crippen LogP contribution in [0.2, 0.25) is 0 Å². The third-order valence-corrected chi connectivity index (χ3v) is 5.65. The van der Waals surface area contributed by atoms with Crippen molar-refractivity contribution in [2.24, 2.45) is 0 Å². The zero-order valence-corrected chi connectivity index (χ0v) is 17.5. The van der Waals surface area contributed by atoms with E-state index in [0.717, 1.165) is 27.0 Å². The van der Waals surface area contributed by atoms with E-state index in [-0.39, 0.29) is 11.9 Å². The summed E-state index contributed by atoms with van der Waals surface area (Å²) in [5, 5.41) is 7.06. The molecule has 0 spiro atoms. The summed E-state index contributed by atoms with van der Waals surface area (Å²) in [5.74, 6) is 1.35. The molecule has 0 aliphatic heterocycles. The summed E-state index contributed by atoms with van der Waals surface area (Å²) in [7, 11) is 0. The quantitative estimate of drug-likeness (QED) is 0.456. The largest absolute Gasteiger partial charge is 0.343 e. The van der Waals surface area contributed by atoms with E-state index >= 15 is 0 Å². The molecule has 0 aliphatic rings. The number of rotatable bonds is 6. The fourth-order valence-electron chi connectivity index (χ4n) is 2.91. The van der Waals surface area contributed by atoms with Crippen LogP contribution < -0.4 is 10.6 Å². The van der Waals surface area contributed by atoms with E-state index < -0.39 is 0 Å². The molecule has 0 saturated carbocycles. The Morgan fingerprint density at radius 1 is 1.00 bits per heavy atom. The predicted molar refractivity (Wildman–Crippen MR) is 120 cm³/mol. The maximum absolute atomic E-state index is 12.4. The van der Waals surface area contributed by atoms with E-state index in [1.54, 1.807) is 24.5 Å². The highest BCUT2D eigenvalue weighted by Gasteiger charge is 2.15. The van der Waals surface area contributed by atoms with Crippen molar-refractivity contribution in [3.8, 4) is 10.6 Å². The minimum absolute atomic E-state index is 0.116. The maximum Gasteiger partial charge on any atom is 0.251 e.